The zero-order valence-electron chi connectivity index (χ0n) is 20.0. The molecule has 1 aromatic heterocycles. The molecule has 1 amide bonds. The Labute approximate surface area is 215 Å². The lowest BCUT2D eigenvalue weighted by Gasteiger charge is -2.35. The van der Waals surface area contributed by atoms with Crippen LogP contribution in [-0.2, 0) is 19.7 Å². The zero-order valence-corrected chi connectivity index (χ0v) is 20.9. The van der Waals surface area contributed by atoms with E-state index in [0.29, 0.717) is 11.5 Å². The van der Waals surface area contributed by atoms with Crippen molar-refractivity contribution in [1.82, 2.24) is 20.2 Å². The number of anilines is 2. The second-order valence-corrected chi connectivity index (χ2v) is 10.1. The highest BCUT2D eigenvalue weighted by Gasteiger charge is 2.21. The van der Waals surface area contributed by atoms with Crippen molar-refractivity contribution in [3.63, 3.8) is 0 Å². The van der Waals surface area contributed by atoms with Crippen LogP contribution in [-0.4, -0.2) is 55.9 Å². The molecule has 1 fully saturated rings. The van der Waals surface area contributed by atoms with E-state index in [1.807, 2.05) is 18.2 Å². The van der Waals surface area contributed by atoms with Crippen LogP contribution in [0, 0.1) is 0 Å². The van der Waals surface area contributed by atoms with Crippen LogP contribution in [0.25, 0.3) is 0 Å². The lowest BCUT2D eigenvalue weighted by molar-refractivity contribution is -0.146. The molecule has 1 aliphatic rings. The van der Waals surface area contributed by atoms with Gasteiger partial charge in [-0.25, -0.2) is 18.4 Å². The Morgan fingerprint density at radius 1 is 1.03 bits per heavy atom. The summed E-state index contributed by atoms with van der Waals surface area (Å²) in [7, 11) is -3.97. The number of aromatic nitrogens is 2. The van der Waals surface area contributed by atoms with Gasteiger partial charge in [0.15, 0.2) is 0 Å². The van der Waals surface area contributed by atoms with Crippen LogP contribution in [0.15, 0.2) is 78.0 Å². The summed E-state index contributed by atoms with van der Waals surface area (Å²) in [5.41, 5.74) is 1.37. The third kappa shape index (κ3) is 7.48. The molecule has 0 aliphatic carbocycles. The Morgan fingerprint density at radius 3 is 2.59 bits per heavy atom. The third-order valence-electron chi connectivity index (χ3n) is 5.73. The van der Waals surface area contributed by atoms with Gasteiger partial charge in [-0.3, -0.25) is 9.59 Å². The fourth-order valence-electron chi connectivity index (χ4n) is 3.91. The Morgan fingerprint density at radius 2 is 1.81 bits per heavy atom. The van der Waals surface area contributed by atoms with E-state index in [2.05, 4.69) is 30.3 Å². The first-order valence-corrected chi connectivity index (χ1v) is 13.3. The second kappa shape index (κ2) is 12.3. The standard InChI is InChI=1S/C25H28N6O5S/c32-23(36-30-37(34,35)22-10-2-1-3-11-22)12-15-26-24(33)19-7-4-9-21(17-19)31-16-5-8-20(18-31)29-25-27-13-6-14-28-25/h1-4,6-7,9-11,13-14,17,20,30H,5,8,12,15-16,18H2,(H,26,33)(H,27,28,29)/t20-/m1/s1. The maximum Gasteiger partial charge on any atom is 0.327 e. The normalized spacial score (nSPS) is 15.6. The number of carbonyl (C=O) groups is 2. The molecule has 1 aliphatic heterocycles. The van der Waals surface area contributed by atoms with Crippen molar-refractivity contribution >= 4 is 33.5 Å². The predicted molar refractivity (Wildman–Crippen MR) is 137 cm³/mol. The number of benzene rings is 2. The first-order valence-electron chi connectivity index (χ1n) is 11.8. The molecule has 2 aromatic carbocycles. The van der Waals surface area contributed by atoms with Gasteiger partial charge in [0.05, 0.1) is 11.3 Å². The summed E-state index contributed by atoms with van der Waals surface area (Å²) in [6, 6.07) is 16.8. The highest BCUT2D eigenvalue weighted by atomic mass is 32.2. The minimum absolute atomic E-state index is 0.0122. The van der Waals surface area contributed by atoms with Gasteiger partial charge in [0.2, 0.25) is 5.95 Å². The summed E-state index contributed by atoms with van der Waals surface area (Å²) in [6.45, 7) is 1.60. The van der Waals surface area contributed by atoms with Gasteiger partial charge >= 0.3 is 5.97 Å². The topological polar surface area (TPSA) is 143 Å². The zero-order chi connectivity index (χ0) is 26.1. The van der Waals surface area contributed by atoms with Crippen molar-refractivity contribution in [3.8, 4) is 0 Å². The minimum atomic E-state index is -3.97. The van der Waals surface area contributed by atoms with Crippen molar-refractivity contribution < 1.29 is 22.8 Å². The van der Waals surface area contributed by atoms with Gasteiger partial charge in [0, 0.05) is 49.3 Å². The van der Waals surface area contributed by atoms with E-state index >= 15 is 0 Å². The molecule has 37 heavy (non-hydrogen) atoms. The van der Waals surface area contributed by atoms with Gasteiger partial charge in [-0.1, -0.05) is 24.3 Å². The number of nitrogens with zero attached hydrogens (tertiary/aromatic N) is 3. The summed E-state index contributed by atoms with van der Waals surface area (Å²) < 4.78 is 24.2. The predicted octanol–water partition coefficient (Wildman–Crippen LogP) is 2.11. The molecule has 3 N–H and O–H groups in total. The molecular weight excluding hydrogens is 496 g/mol. The lowest BCUT2D eigenvalue weighted by Crippen LogP contribution is -2.42. The van der Waals surface area contributed by atoms with E-state index in [1.54, 1.807) is 47.6 Å². The van der Waals surface area contributed by atoms with E-state index in [-0.39, 0.29) is 29.8 Å². The fourth-order valence-corrected chi connectivity index (χ4v) is 4.72. The molecule has 3 aromatic rings. The molecule has 0 spiro atoms. The molecule has 0 saturated carbocycles. The summed E-state index contributed by atoms with van der Waals surface area (Å²) in [4.78, 5) is 41.7. The molecule has 1 saturated heterocycles. The summed E-state index contributed by atoms with van der Waals surface area (Å²) in [5, 5.41) is 6.02. The molecule has 0 unspecified atom stereocenters. The molecule has 4 rings (SSSR count). The minimum Gasteiger partial charge on any atom is -0.369 e. The lowest BCUT2D eigenvalue weighted by atomic mass is 10.0. The van der Waals surface area contributed by atoms with Crippen LogP contribution in [0.5, 0.6) is 0 Å². The molecule has 12 heteroatoms. The summed E-state index contributed by atoms with van der Waals surface area (Å²) in [6.07, 6.45) is 5.16. The van der Waals surface area contributed by atoms with Crippen LogP contribution in [0.1, 0.15) is 29.6 Å². The molecule has 11 nitrogen and oxygen atoms in total. The number of nitrogens with one attached hydrogen (secondary N) is 3. The largest absolute Gasteiger partial charge is 0.369 e. The maximum atomic E-state index is 12.6. The van der Waals surface area contributed by atoms with E-state index in [4.69, 9.17) is 0 Å². The van der Waals surface area contributed by atoms with Gasteiger partial charge in [0.25, 0.3) is 15.9 Å². The van der Waals surface area contributed by atoms with Gasteiger partial charge in [0.1, 0.15) is 0 Å². The molecule has 2 heterocycles. The van der Waals surface area contributed by atoms with Crippen LogP contribution in [0.4, 0.5) is 11.6 Å². The first kappa shape index (κ1) is 26.0. The highest BCUT2D eigenvalue weighted by Crippen LogP contribution is 2.22. The fraction of sp³-hybridized carbons (Fsp3) is 0.280. The Balaban J connectivity index is 1.25. The summed E-state index contributed by atoms with van der Waals surface area (Å²) in [5.74, 6) is -0.569. The average molecular weight is 525 g/mol. The van der Waals surface area contributed by atoms with Crippen molar-refractivity contribution in [3.05, 3.63) is 78.6 Å². The Hall–Kier alpha value is -4.03. The van der Waals surface area contributed by atoms with Crippen molar-refractivity contribution in [2.24, 2.45) is 0 Å². The van der Waals surface area contributed by atoms with Crippen LogP contribution < -0.4 is 20.4 Å². The van der Waals surface area contributed by atoms with Crippen LogP contribution >= 0.6 is 0 Å². The van der Waals surface area contributed by atoms with Crippen molar-refractivity contribution in [2.45, 2.75) is 30.2 Å². The van der Waals surface area contributed by atoms with Crippen molar-refractivity contribution in [2.75, 3.05) is 29.9 Å². The van der Waals surface area contributed by atoms with Crippen LogP contribution in [0.2, 0.25) is 0 Å². The third-order valence-corrected chi connectivity index (χ3v) is 6.92. The number of hydrogen-bond acceptors (Lipinski definition) is 9. The number of hydrogen-bond donors (Lipinski definition) is 3. The van der Waals surface area contributed by atoms with E-state index in [9.17, 15) is 18.0 Å². The van der Waals surface area contributed by atoms with E-state index < -0.39 is 16.0 Å². The SMILES string of the molecule is O=C(CCNC(=O)c1cccc(N2CCC[C@@H](Nc3ncccn3)C2)c1)ONS(=O)(=O)c1ccccc1. The van der Waals surface area contributed by atoms with Gasteiger partial charge in [-0.2, -0.15) is 0 Å². The van der Waals surface area contributed by atoms with Crippen LogP contribution in [0.3, 0.4) is 0 Å². The number of sulfonamides is 1. The Kier molecular flexibility index (Phi) is 8.64. The molecule has 0 radical (unpaired) electrons. The highest BCUT2D eigenvalue weighted by molar-refractivity contribution is 7.89. The van der Waals surface area contributed by atoms with Gasteiger partial charge in [-0.05, 0) is 54.1 Å². The molecule has 0 bridgehead atoms. The maximum absolute atomic E-state index is 12.6. The average Bonchev–Trinajstić information content (AvgIpc) is 2.93. The van der Waals surface area contributed by atoms with Gasteiger partial charge in [-0.15, -0.1) is 0 Å². The monoisotopic (exact) mass is 524 g/mol. The molecule has 1 atom stereocenters. The van der Waals surface area contributed by atoms with E-state index in [1.165, 1.54) is 12.1 Å². The van der Waals surface area contributed by atoms with Crippen molar-refractivity contribution in [1.29, 1.82) is 0 Å². The quantitative estimate of drug-likeness (QED) is 0.340. The Bertz CT molecular complexity index is 1310. The smallest absolute Gasteiger partial charge is 0.327 e. The first-order chi connectivity index (χ1) is 17.9. The summed E-state index contributed by atoms with van der Waals surface area (Å²) >= 11 is 0. The number of amides is 1. The molecular formula is C25H28N6O5S. The second-order valence-electron chi connectivity index (χ2n) is 8.43. The van der Waals surface area contributed by atoms with E-state index in [0.717, 1.165) is 31.6 Å². The number of rotatable bonds is 10. The molecule has 194 valence electrons. The van der Waals surface area contributed by atoms with Gasteiger partial charge < -0.3 is 20.4 Å². The number of piperidine rings is 1. The number of carbonyl (C=O) groups excluding carboxylic acids is 2.